The van der Waals surface area contributed by atoms with E-state index < -0.39 is 17.6 Å². The van der Waals surface area contributed by atoms with E-state index >= 15 is 0 Å². The third-order valence-corrected chi connectivity index (χ3v) is 3.82. The van der Waals surface area contributed by atoms with Crippen molar-refractivity contribution in [2.45, 2.75) is 59.1 Å². The molecule has 2 rings (SSSR count). The number of benzene rings is 1. The number of hydrogen-bond acceptors (Lipinski definition) is 3. The summed E-state index contributed by atoms with van der Waals surface area (Å²) in [6.45, 7) is 11.4. The zero-order valence-electron chi connectivity index (χ0n) is 15.2. The van der Waals surface area contributed by atoms with Gasteiger partial charge in [-0.15, -0.1) is 0 Å². The van der Waals surface area contributed by atoms with Crippen LogP contribution in [-0.4, -0.2) is 17.6 Å². The van der Waals surface area contributed by atoms with Crippen molar-refractivity contribution in [3.8, 4) is 0 Å². The molecule has 0 aliphatic carbocycles. The van der Waals surface area contributed by atoms with Crippen LogP contribution in [0.2, 0.25) is 0 Å². The third kappa shape index (κ3) is 4.16. The average Bonchev–Trinajstić information content (AvgIpc) is 2.44. The molecular formula is C19H26N2O3. The van der Waals surface area contributed by atoms with Crippen LogP contribution in [-0.2, 0) is 9.53 Å². The van der Waals surface area contributed by atoms with E-state index in [1.807, 2.05) is 45.0 Å². The molecule has 1 aromatic carbocycles. The fraction of sp³-hybridized carbons (Fsp3) is 0.474. The molecule has 1 heterocycles. The molecule has 0 spiro atoms. The zero-order chi connectivity index (χ0) is 18.1. The predicted octanol–water partition coefficient (Wildman–Crippen LogP) is 3.78. The Labute approximate surface area is 143 Å². The van der Waals surface area contributed by atoms with E-state index in [-0.39, 0.29) is 6.03 Å². The summed E-state index contributed by atoms with van der Waals surface area (Å²) in [5.41, 5.74) is 2.42. The molecule has 2 amide bonds. The van der Waals surface area contributed by atoms with Crippen LogP contribution < -0.4 is 10.6 Å². The summed E-state index contributed by atoms with van der Waals surface area (Å²) in [7, 11) is 0. The van der Waals surface area contributed by atoms with Crippen LogP contribution in [0.15, 0.2) is 35.5 Å². The van der Waals surface area contributed by atoms with Gasteiger partial charge in [0.1, 0.15) is 5.60 Å². The number of hydrogen-bond donors (Lipinski definition) is 2. The Morgan fingerprint density at radius 2 is 1.75 bits per heavy atom. The van der Waals surface area contributed by atoms with E-state index in [2.05, 4.69) is 24.5 Å². The van der Waals surface area contributed by atoms with Gasteiger partial charge in [0.2, 0.25) is 0 Å². The first kappa shape index (κ1) is 18.0. The number of nitrogens with one attached hydrogen (secondary N) is 2. The number of carbonyl (C=O) groups is 2. The molecule has 1 aliphatic heterocycles. The molecular weight excluding hydrogens is 304 g/mol. The Hall–Kier alpha value is -2.30. The second kappa shape index (κ2) is 6.67. The highest BCUT2D eigenvalue weighted by Gasteiger charge is 2.33. The summed E-state index contributed by atoms with van der Waals surface area (Å²) >= 11 is 0. The Bertz CT molecular complexity index is 667. The van der Waals surface area contributed by atoms with E-state index in [0.717, 1.165) is 5.56 Å². The first-order chi connectivity index (χ1) is 11.1. The number of amides is 2. The van der Waals surface area contributed by atoms with Gasteiger partial charge in [-0.25, -0.2) is 9.59 Å². The van der Waals surface area contributed by atoms with Crippen LogP contribution in [0.3, 0.4) is 0 Å². The lowest BCUT2D eigenvalue weighted by atomic mass is 9.93. The second-order valence-corrected chi connectivity index (χ2v) is 7.39. The second-order valence-electron chi connectivity index (χ2n) is 7.39. The van der Waals surface area contributed by atoms with Gasteiger partial charge in [-0.3, -0.25) is 0 Å². The maximum atomic E-state index is 12.6. The smallest absolute Gasteiger partial charge is 0.338 e. The summed E-state index contributed by atoms with van der Waals surface area (Å²) in [5, 5.41) is 5.47. The molecule has 0 bridgehead atoms. The van der Waals surface area contributed by atoms with Gasteiger partial charge in [-0.1, -0.05) is 38.1 Å². The molecule has 2 N–H and O–H groups in total. The Kier molecular flexibility index (Phi) is 5.02. The lowest BCUT2D eigenvalue weighted by molar-refractivity contribution is -0.150. The normalized spacial score (nSPS) is 18.3. The first-order valence-electron chi connectivity index (χ1n) is 8.20. The minimum atomic E-state index is -0.599. The van der Waals surface area contributed by atoms with Crippen LogP contribution in [0.25, 0.3) is 0 Å². The average molecular weight is 330 g/mol. The Morgan fingerprint density at radius 1 is 1.17 bits per heavy atom. The lowest BCUT2D eigenvalue weighted by Gasteiger charge is -2.30. The quantitative estimate of drug-likeness (QED) is 0.829. The molecule has 0 aromatic heterocycles. The number of rotatable bonds is 3. The predicted molar refractivity (Wildman–Crippen MR) is 93.5 cm³/mol. The molecule has 1 aromatic rings. The van der Waals surface area contributed by atoms with Crippen LogP contribution in [0, 0.1) is 0 Å². The molecule has 24 heavy (non-hydrogen) atoms. The van der Waals surface area contributed by atoms with Gasteiger partial charge in [0, 0.05) is 5.70 Å². The number of ether oxygens (including phenoxy) is 1. The standard InChI is InChI=1S/C19H26N2O3/c1-11(2)13-7-9-14(10-8-13)16-15(12(3)20-18(23)21-16)17(22)24-19(4,5)6/h7-11,16H,1-6H3,(H2,20,21,23)/t16-/m1/s1. The highest BCUT2D eigenvalue weighted by molar-refractivity contribution is 5.95. The van der Waals surface area contributed by atoms with E-state index in [9.17, 15) is 9.59 Å². The molecule has 130 valence electrons. The van der Waals surface area contributed by atoms with E-state index in [1.54, 1.807) is 6.92 Å². The van der Waals surface area contributed by atoms with Gasteiger partial charge in [0.15, 0.2) is 0 Å². The maximum Gasteiger partial charge on any atom is 0.338 e. The van der Waals surface area contributed by atoms with Crippen molar-refractivity contribution < 1.29 is 14.3 Å². The molecule has 5 heteroatoms. The fourth-order valence-electron chi connectivity index (χ4n) is 2.62. The monoisotopic (exact) mass is 330 g/mol. The summed E-state index contributed by atoms with van der Waals surface area (Å²) in [6, 6.07) is 7.10. The van der Waals surface area contributed by atoms with Crippen molar-refractivity contribution >= 4 is 12.0 Å². The molecule has 1 aliphatic rings. The van der Waals surface area contributed by atoms with Gasteiger partial charge in [0.25, 0.3) is 0 Å². The van der Waals surface area contributed by atoms with Gasteiger partial charge in [0.05, 0.1) is 11.6 Å². The zero-order valence-corrected chi connectivity index (χ0v) is 15.2. The largest absolute Gasteiger partial charge is 0.456 e. The molecule has 0 fully saturated rings. The number of urea groups is 1. The topological polar surface area (TPSA) is 67.4 Å². The SMILES string of the molecule is CC1=C(C(=O)OC(C)(C)C)[C@@H](c2ccc(C(C)C)cc2)NC(=O)N1. The summed E-state index contributed by atoms with van der Waals surface area (Å²) in [6.07, 6.45) is 0. The first-order valence-corrected chi connectivity index (χ1v) is 8.20. The van der Waals surface area contributed by atoms with Crippen molar-refractivity contribution in [3.05, 3.63) is 46.7 Å². The van der Waals surface area contributed by atoms with Gasteiger partial charge >= 0.3 is 12.0 Å². The summed E-state index contributed by atoms with van der Waals surface area (Å²) < 4.78 is 5.51. The number of allylic oxidation sites excluding steroid dienone is 1. The highest BCUT2D eigenvalue weighted by atomic mass is 16.6. The highest BCUT2D eigenvalue weighted by Crippen LogP contribution is 2.29. The van der Waals surface area contributed by atoms with Crippen molar-refractivity contribution in [3.63, 3.8) is 0 Å². The van der Waals surface area contributed by atoms with Crippen molar-refractivity contribution in [2.75, 3.05) is 0 Å². The number of carbonyl (C=O) groups excluding carboxylic acids is 2. The van der Waals surface area contributed by atoms with Crippen molar-refractivity contribution in [2.24, 2.45) is 0 Å². The summed E-state index contributed by atoms with van der Waals surface area (Å²) in [4.78, 5) is 24.5. The van der Waals surface area contributed by atoms with Crippen LogP contribution in [0.5, 0.6) is 0 Å². The molecule has 5 nitrogen and oxygen atoms in total. The van der Waals surface area contributed by atoms with Crippen LogP contribution >= 0.6 is 0 Å². The molecule has 0 saturated heterocycles. The minimum absolute atomic E-state index is 0.322. The minimum Gasteiger partial charge on any atom is -0.456 e. The number of esters is 1. The van der Waals surface area contributed by atoms with Gasteiger partial charge in [-0.2, -0.15) is 0 Å². The van der Waals surface area contributed by atoms with E-state index in [1.165, 1.54) is 5.56 Å². The van der Waals surface area contributed by atoms with E-state index in [4.69, 9.17) is 4.74 Å². The van der Waals surface area contributed by atoms with Crippen molar-refractivity contribution in [1.82, 2.24) is 10.6 Å². The molecule has 0 saturated carbocycles. The van der Waals surface area contributed by atoms with Gasteiger partial charge in [-0.05, 0) is 44.7 Å². The fourth-order valence-corrected chi connectivity index (χ4v) is 2.62. The lowest BCUT2D eigenvalue weighted by Crippen LogP contribution is -2.46. The summed E-state index contributed by atoms with van der Waals surface area (Å²) in [5.74, 6) is -0.00490. The van der Waals surface area contributed by atoms with Crippen LogP contribution in [0.4, 0.5) is 4.79 Å². The molecule has 1 atom stereocenters. The Balaban J connectivity index is 2.39. The molecule has 0 radical (unpaired) electrons. The van der Waals surface area contributed by atoms with Gasteiger partial charge < -0.3 is 15.4 Å². The third-order valence-electron chi connectivity index (χ3n) is 3.82. The maximum absolute atomic E-state index is 12.6. The molecule has 0 unspecified atom stereocenters. The Morgan fingerprint density at radius 3 is 2.25 bits per heavy atom. The van der Waals surface area contributed by atoms with Crippen LogP contribution in [0.1, 0.15) is 64.6 Å². The van der Waals surface area contributed by atoms with Crippen molar-refractivity contribution in [1.29, 1.82) is 0 Å². The van der Waals surface area contributed by atoms with E-state index in [0.29, 0.717) is 17.2 Å².